The smallest absolute Gasteiger partial charge is 0.0433 e. The van der Waals surface area contributed by atoms with E-state index >= 15 is 0 Å². The Balaban J connectivity index is 1.97. The quantitative estimate of drug-likeness (QED) is 0.899. The van der Waals surface area contributed by atoms with Crippen molar-refractivity contribution in [2.45, 2.75) is 45.4 Å². The molecular weight excluding hydrogens is 234 g/mol. The Morgan fingerprint density at radius 3 is 2.16 bits per heavy atom. The molecule has 0 amide bonds. The number of anilines is 1. The van der Waals surface area contributed by atoms with Crippen LogP contribution in [0, 0.1) is 5.92 Å². The van der Waals surface area contributed by atoms with Crippen LogP contribution in [-0.2, 0) is 5.41 Å². The Kier molecular flexibility index (Phi) is 4.51. The third kappa shape index (κ3) is 3.73. The van der Waals surface area contributed by atoms with E-state index < -0.39 is 0 Å². The first-order valence-corrected chi connectivity index (χ1v) is 7.47. The van der Waals surface area contributed by atoms with Gasteiger partial charge in [0.2, 0.25) is 0 Å². The van der Waals surface area contributed by atoms with Crippen LogP contribution in [0.1, 0.15) is 45.6 Å². The Labute approximate surface area is 117 Å². The van der Waals surface area contributed by atoms with E-state index in [4.69, 9.17) is 5.11 Å². The van der Waals surface area contributed by atoms with E-state index in [1.807, 2.05) is 0 Å². The van der Waals surface area contributed by atoms with E-state index in [9.17, 15) is 0 Å². The van der Waals surface area contributed by atoms with Gasteiger partial charge in [0.25, 0.3) is 0 Å². The fourth-order valence-electron chi connectivity index (χ4n) is 2.83. The zero-order valence-corrected chi connectivity index (χ0v) is 12.5. The predicted molar refractivity (Wildman–Crippen MR) is 81.8 cm³/mol. The van der Waals surface area contributed by atoms with Gasteiger partial charge in [0.15, 0.2) is 0 Å². The molecule has 19 heavy (non-hydrogen) atoms. The third-order valence-corrected chi connectivity index (χ3v) is 4.25. The Morgan fingerprint density at radius 2 is 1.68 bits per heavy atom. The molecule has 0 atom stereocenters. The fraction of sp³-hybridized carbons (Fsp3) is 0.647. The van der Waals surface area contributed by atoms with Crippen LogP contribution in [0.2, 0.25) is 0 Å². The van der Waals surface area contributed by atoms with Gasteiger partial charge in [0.05, 0.1) is 0 Å². The van der Waals surface area contributed by atoms with Crippen LogP contribution in [0.25, 0.3) is 0 Å². The molecule has 2 nitrogen and oxygen atoms in total. The fourth-order valence-corrected chi connectivity index (χ4v) is 2.83. The normalized spacial score (nSPS) is 17.8. The average molecular weight is 261 g/mol. The van der Waals surface area contributed by atoms with E-state index in [0.29, 0.717) is 6.61 Å². The minimum absolute atomic E-state index is 0.229. The Morgan fingerprint density at radius 1 is 1.11 bits per heavy atom. The molecule has 0 spiro atoms. The molecule has 1 aliphatic rings. The van der Waals surface area contributed by atoms with Gasteiger partial charge < -0.3 is 10.0 Å². The largest absolute Gasteiger partial charge is 0.396 e. The maximum atomic E-state index is 8.99. The molecule has 106 valence electrons. The Hall–Kier alpha value is -1.02. The molecular formula is C17H27NO. The molecule has 0 aliphatic carbocycles. The monoisotopic (exact) mass is 261 g/mol. The molecule has 2 heteroatoms. The number of hydrogen-bond donors (Lipinski definition) is 1. The molecule has 0 bridgehead atoms. The molecule has 1 aromatic carbocycles. The van der Waals surface area contributed by atoms with Gasteiger partial charge in [-0.2, -0.15) is 0 Å². The molecule has 1 aromatic rings. The van der Waals surface area contributed by atoms with Gasteiger partial charge in [-0.05, 0) is 48.3 Å². The first-order valence-electron chi connectivity index (χ1n) is 7.47. The lowest BCUT2D eigenvalue weighted by atomic mass is 9.87. The summed E-state index contributed by atoms with van der Waals surface area (Å²) in [6.45, 7) is 9.34. The van der Waals surface area contributed by atoms with Crippen molar-refractivity contribution in [2.75, 3.05) is 24.6 Å². The molecule has 0 saturated carbocycles. The second-order valence-electron chi connectivity index (χ2n) is 6.74. The van der Waals surface area contributed by atoms with Crippen molar-refractivity contribution >= 4 is 5.69 Å². The van der Waals surface area contributed by atoms with Crippen molar-refractivity contribution in [3.05, 3.63) is 29.8 Å². The van der Waals surface area contributed by atoms with Gasteiger partial charge in [-0.3, -0.25) is 0 Å². The predicted octanol–water partition coefficient (Wildman–Crippen LogP) is 3.58. The minimum atomic E-state index is 0.229. The summed E-state index contributed by atoms with van der Waals surface area (Å²) in [6, 6.07) is 9.03. The van der Waals surface area contributed by atoms with Crippen LogP contribution in [0.3, 0.4) is 0 Å². The number of piperidine rings is 1. The van der Waals surface area contributed by atoms with Crippen molar-refractivity contribution in [3.63, 3.8) is 0 Å². The highest BCUT2D eigenvalue weighted by Crippen LogP contribution is 2.28. The second kappa shape index (κ2) is 5.96. The van der Waals surface area contributed by atoms with E-state index in [1.165, 1.54) is 24.1 Å². The number of rotatable bonds is 3. The molecule has 1 aliphatic heterocycles. The summed E-state index contributed by atoms with van der Waals surface area (Å²) >= 11 is 0. The topological polar surface area (TPSA) is 23.5 Å². The first-order chi connectivity index (χ1) is 9.00. The minimum Gasteiger partial charge on any atom is -0.396 e. The molecule has 1 heterocycles. The SMILES string of the molecule is CC(C)(C)c1ccc(N2CCC(CCO)CC2)cc1. The lowest BCUT2D eigenvalue weighted by Crippen LogP contribution is -2.33. The van der Waals surface area contributed by atoms with Gasteiger partial charge in [0, 0.05) is 25.4 Å². The second-order valence-corrected chi connectivity index (χ2v) is 6.74. The molecule has 0 unspecified atom stereocenters. The van der Waals surface area contributed by atoms with Gasteiger partial charge in [-0.1, -0.05) is 32.9 Å². The van der Waals surface area contributed by atoms with Crippen LogP contribution < -0.4 is 4.90 Å². The number of aliphatic hydroxyl groups excluding tert-OH is 1. The summed E-state index contributed by atoms with van der Waals surface area (Å²) in [7, 11) is 0. The number of aliphatic hydroxyl groups is 1. The van der Waals surface area contributed by atoms with Gasteiger partial charge in [0.1, 0.15) is 0 Å². The summed E-state index contributed by atoms with van der Waals surface area (Å²) in [6.07, 6.45) is 3.39. The van der Waals surface area contributed by atoms with Gasteiger partial charge in [-0.15, -0.1) is 0 Å². The summed E-state index contributed by atoms with van der Waals surface area (Å²) in [5.74, 6) is 0.718. The van der Waals surface area contributed by atoms with Crippen LogP contribution in [-0.4, -0.2) is 24.8 Å². The maximum absolute atomic E-state index is 8.99. The summed E-state index contributed by atoms with van der Waals surface area (Å²) in [4.78, 5) is 2.47. The zero-order chi connectivity index (χ0) is 13.9. The van der Waals surface area contributed by atoms with Gasteiger partial charge in [-0.25, -0.2) is 0 Å². The van der Waals surface area contributed by atoms with Crippen LogP contribution in [0.15, 0.2) is 24.3 Å². The van der Waals surface area contributed by atoms with E-state index in [-0.39, 0.29) is 5.41 Å². The van der Waals surface area contributed by atoms with E-state index in [1.54, 1.807) is 0 Å². The number of hydrogen-bond acceptors (Lipinski definition) is 2. The highest BCUT2D eigenvalue weighted by Gasteiger charge is 2.19. The molecule has 0 aromatic heterocycles. The number of nitrogens with zero attached hydrogens (tertiary/aromatic N) is 1. The summed E-state index contributed by atoms with van der Waals surface area (Å²) in [5, 5.41) is 8.99. The van der Waals surface area contributed by atoms with Crippen molar-refractivity contribution in [2.24, 2.45) is 5.92 Å². The van der Waals surface area contributed by atoms with Crippen LogP contribution in [0.5, 0.6) is 0 Å². The molecule has 1 saturated heterocycles. The molecule has 1 N–H and O–H groups in total. The highest BCUT2D eigenvalue weighted by molar-refractivity contribution is 5.48. The molecule has 1 fully saturated rings. The van der Waals surface area contributed by atoms with Crippen molar-refractivity contribution < 1.29 is 5.11 Å². The van der Waals surface area contributed by atoms with Crippen LogP contribution >= 0.6 is 0 Å². The van der Waals surface area contributed by atoms with Gasteiger partial charge >= 0.3 is 0 Å². The standard InChI is InChI=1S/C17H27NO/c1-17(2,3)15-4-6-16(7-5-15)18-11-8-14(9-12-18)10-13-19/h4-7,14,19H,8-13H2,1-3H3. The first kappa shape index (κ1) is 14.4. The van der Waals surface area contributed by atoms with E-state index in [0.717, 1.165) is 25.4 Å². The molecule has 2 rings (SSSR count). The molecule has 0 radical (unpaired) electrons. The highest BCUT2D eigenvalue weighted by atomic mass is 16.3. The third-order valence-electron chi connectivity index (χ3n) is 4.25. The maximum Gasteiger partial charge on any atom is 0.0433 e. The summed E-state index contributed by atoms with van der Waals surface area (Å²) in [5.41, 5.74) is 2.97. The van der Waals surface area contributed by atoms with Crippen molar-refractivity contribution in [3.8, 4) is 0 Å². The van der Waals surface area contributed by atoms with E-state index in [2.05, 4.69) is 49.9 Å². The zero-order valence-electron chi connectivity index (χ0n) is 12.5. The Bertz CT molecular complexity index is 383. The average Bonchev–Trinajstić information content (AvgIpc) is 2.39. The lowest BCUT2D eigenvalue weighted by molar-refractivity contribution is 0.240. The lowest BCUT2D eigenvalue weighted by Gasteiger charge is -2.33. The van der Waals surface area contributed by atoms with Crippen LogP contribution in [0.4, 0.5) is 5.69 Å². The number of benzene rings is 1. The van der Waals surface area contributed by atoms with Crippen molar-refractivity contribution in [1.29, 1.82) is 0 Å². The van der Waals surface area contributed by atoms with Crippen molar-refractivity contribution in [1.82, 2.24) is 0 Å². The summed E-state index contributed by atoms with van der Waals surface area (Å²) < 4.78 is 0.